The number of hydrogen-bond acceptors (Lipinski definition) is 9. The number of amides is 2. The topological polar surface area (TPSA) is 148 Å². The average molecular weight is 487 g/mol. The van der Waals surface area contributed by atoms with Gasteiger partial charge in [-0.3, -0.25) is 24.6 Å². The fourth-order valence-corrected chi connectivity index (χ4v) is 5.79. The van der Waals surface area contributed by atoms with E-state index in [4.69, 9.17) is 9.47 Å². The van der Waals surface area contributed by atoms with Crippen molar-refractivity contribution in [1.82, 2.24) is 4.90 Å². The maximum absolute atomic E-state index is 12.9. The van der Waals surface area contributed by atoms with Crippen molar-refractivity contribution in [3.05, 3.63) is 55.4 Å². The first-order valence-electron chi connectivity index (χ1n) is 10.9. The number of thiophene rings is 1. The third-order valence-corrected chi connectivity index (χ3v) is 7.35. The molecular formula is C22H21N3O8S. The van der Waals surface area contributed by atoms with Crippen LogP contribution < -0.4 is 5.32 Å². The van der Waals surface area contributed by atoms with Crippen LogP contribution in [0.15, 0.2) is 18.2 Å². The molecule has 4 heterocycles. The summed E-state index contributed by atoms with van der Waals surface area (Å²) in [5, 5.41) is 24.9. The second-order valence-electron chi connectivity index (χ2n) is 8.33. The molecule has 0 saturated carbocycles. The Morgan fingerprint density at radius 1 is 1.26 bits per heavy atom. The largest absolute Gasteiger partial charge is 0.478 e. The summed E-state index contributed by atoms with van der Waals surface area (Å²) < 4.78 is 11.5. The smallest absolute Gasteiger partial charge is 0.338 e. The van der Waals surface area contributed by atoms with E-state index in [9.17, 15) is 29.6 Å². The van der Waals surface area contributed by atoms with Crippen LogP contribution in [0.5, 0.6) is 0 Å². The fourth-order valence-electron chi connectivity index (χ4n) is 4.61. The van der Waals surface area contributed by atoms with Crippen molar-refractivity contribution < 1.29 is 33.9 Å². The summed E-state index contributed by atoms with van der Waals surface area (Å²) in [5.41, 5.74) is 0.0955. The van der Waals surface area contributed by atoms with Gasteiger partial charge < -0.3 is 19.9 Å². The molecule has 0 radical (unpaired) electrons. The molecule has 3 aliphatic rings. The van der Waals surface area contributed by atoms with E-state index in [1.165, 1.54) is 29.5 Å². The van der Waals surface area contributed by atoms with Gasteiger partial charge in [-0.25, -0.2) is 4.79 Å². The number of ether oxygens (including phenoxy) is 2. The lowest BCUT2D eigenvalue weighted by Crippen LogP contribution is -2.40. The third-order valence-electron chi connectivity index (χ3n) is 6.22. The van der Waals surface area contributed by atoms with Gasteiger partial charge in [0.05, 0.1) is 35.3 Å². The zero-order valence-corrected chi connectivity index (χ0v) is 18.8. The zero-order chi connectivity index (χ0) is 24.0. The van der Waals surface area contributed by atoms with Crippen LogP contribution in [0, 0.1) is 10.1 Å². The van der Waals surface area contributed by atoms with E-state index >= 15 is 0 Å². The van der Waals surface area contributed by atoms with E-state index in [0.29, 0.717) is 17.2 Å². The maximum atomic E-state index is 12.9. The van der Waals surface area contributed by atoms with Crippen LogP contribution in [0.4, 0.5) is 10.7 Å². The van der Waals surface area contributed by atoms with E-state index in [0.717, 1.165) is 29.0 Å². The monoisotopic (exact) mass is 487 g/mol. The summed E-state index contributed by atoms with van der Waals surface area (Å²) in [6.45, 7) is 0.628. The molecule has 2 unspecified atom stereocenters. The molecule has 0 bridgehead atoms. The van der Waals surface area contributed by atoms with Crippen LogP contribution in [-0.2, 0) is 22.5 Å². The molecule has 1 fully saturated rings. The lowest BCUT2D eigenvalue weighted by molar-refractivity contribution is -0.385. The van der Waals surface area contributed by atoms with Crippen LogP contribution in [-0.4, -0.2) is 58.2 Å². The number of anilines is 1. The Labute approximate surface area is 197 Å². The molecule has 0 spiro atoms. The van der Waals surface area contributed by atoms with Crippen molar-refractivity contribution in [3.8, 4) is 0 Å². The molecule has 12 heteroatoms. The van der Waals surface area contributed by atoms with E-state index in [1.807, 2.05) is 0 Å². The highest BCUT2D eigenvalue weighted by molar-refractivity contribution is 7.16. The van der Waals surface area contributed by atoms with Crippen molar-refractivity contribution in [2.24, 2.45) is 0 Å². The van der Waals surface area contributed by atoms with Crippen LogP contribution in [0.2, 0.25) is 0 Å². The molecule has 1 aromatic heterocycles. The van der Waals surface area contributed by atoms with E-state index < -0.39 is 34.5 Å². The molecule has 2 N–H and O–H groups in total. The van der Waals surface area contributed by atoms with Gasteiger partial charge in [0, 0.05) is 24.0 Å². The van der Waals surface area contributed by atoms with Gasteiger partial charge in [-0.2, -0.15) is 0 Å². The number of carboxylic acids is 1. The molecular weight excluding hydrogens is 466 g/mol. The molecule has 3 aliphatic heterocycles. The molecule has 1 aromatic carbocycles. The highest BCUT2D eigenvalue weighted by atomic mass is 32.1. The van der Waals surface area contributed by atoms with Gasteiger partial charge in [0.25, 0.3) is 17.5 Å². The normalized spacial score (nSPS) is 21.8. The molecule has 34 heavy (non-hydrogen) atoms. The number of nitro groups is 1. The van der Waals surface area contributed by atoms with E-state index in [1.54, 1.807) is 0 Å². The Kier molecular flexibility index (Phi) is 5.80. The predicted octanol–water partition coefficient (Wildman–Crippen LogP) is 3.03. The minimum Gasteiger partial charge on any atom is -0.478 e. The van der Waals surface area contributed by atoms with Crippen LogP contribution in [0.25, 0.3) is 0 Å². The third kappa shape index (κ3) is 3.83. The molecule has 2 amide bonds. The molecule has 2 atom stereocenters. The van der Waals surface area contributed by atoms with Crippen LogP contribution >= 0.6 is 11.3 Å². The maximum Gasteiger partial charge on any atom is 0.338 e. The number of carbonyl (C=O) groups excluding carboxylic acids is 2. The Balaban J connectivity index is 1.36. The summed E-state index contributed by atoms with van der Waals surface area (Å²) in [4.78, 5) is 50.1. The highest BCUT2D eigenvalue weighted by Crippen LogP contribution is 2.39. The van der Waals surface area contributed by atoms with Gasteiger partial charge in [-0.15, -0.1) is 11.3 Å². The molecule has 0 aliphatic carbocycles. The minimum absolute atomic E-state index is 0.0172. The number of imide groups is 1. The minimum atomic E-state index is -1.08. The summed E-state index contributed by atoms with van der Waals surface area (Å²) in [7, 11) is 0. The Morgan fingerprint density at radius 3 is 2.79 bits per heavy atom. The number of hydrogen-bond donors (Lipinski definition) is 2. The first-order chi connectivity index (χ1) is 16.3. The van der Waals surface area contributed by atoms with Crippen LogP contribution in [0.1, 0.15) is 60.8 Å². The van der Waals surface area contributed by atoms with Gasteiger partial charge in [0.15, 0.2) is 0 Å². The summed E-state index contributed by atoms with van der Waals surface area (Å²) in [5.74, 6) is -2.45. The number of fused-ring (bicyclic) bond motifs is 2. The van der Waals surface area contributed by atoms with Gasteiger partial charge in [-0.1, -0.05) is 6.07 Å². The lowest BCUT2D eigenvalue weighted by Gasteiger charge is -2.26. The molecule has 11 nitrogen and oxygen atoms in total. The SMILES string of the molecule is O=C(O)c1c(NC2CCCCO2)sc2c1CC(CN1C(=O)c3cccc([N+](=O)[O-])c3C1=O)OC2. The standard InChI is InChI=1S/C22H21N3O8S/c26-20-12-4-3-5-14(25(30)31)17(12)21(27)24(20)9-11-8-13-15(10-33-11)34-19(18(13)22(28)29)23-16-6-1-2-7-32-16/h3-5,11,16,23H,1-2,6-10H2,(H,28,29). The van der Waals surface area contributed by atoms with E-state index in [2.05, 4.69) is 5.32 Å². The molecule has 178 valence electrons. The van der Waals surface area contributed by atoms with Crippen molar-refractivity contribution in [1.29, 1.82) is 0 Å². The number of rotatable bonds is 6. The number of nitrogens with one attached hydrogen (secondary N) is 1. The molecule has 2 aromatic rings. The summed E-state index contributed by atoms with van der Waals surface area (Å²) in [6, 6.07) is 3.94. The van der Waals surface area contributed by atoms with Crippen molar-refractivity contribution in [3.63, 3.8) is 0 Å². The lowest BCUT2D eigenvalue weighted by atomic mass is 10.0. The number of carbonyl (C=O) groups is 3. The second kappa shape index (κ2) is 8.78. The predicted molar refractivity (Wildman–Crippen MR) is 119 cm³/mol. The van der Waals surface area contributed by atoms with Gasteiger partial charge in [0.2, 0.25) is 0 Å². The number of aromatic carboxylic acids is 1. The van der Waals surface area contributed by atoms with Gasteiger partial charge in [-0.05, 0) is 30.9 Å². The number of nitrogens with zero attached hydrogens (tertiary/aromatic N) is 2. The number of nitro benzene ring substituents is 1. The Morgan fingerprint density at radius 2 is 2.09 bits per heavy atom. The van der Waals surface area contributed by atoms with Crippen molar-refractivity contribution >= 4 is 39.8 Å². The molecule has 1 saturated heterocycles. The Bertz CT molecular complexity index is 1200. The van der Waals surface area contributed by atoms with Gasteiger partial charge >= 0.3 is 5.97 Å². The fraction of sp³-hybridized carbons (Fsp3) is 0.409. The molecule has 5 rings (SSSR count). The average Bonchev–Trinajstić information content (AvgIpc) is 3.29. The zero-order valence-electron chi connectivity index (χ0n) is 17.9. The van der Waals surface area contributed by atoms with E-state index in [-0.39, 0.29) is 42.5 Å². The first-order valence-corrected chi connectivity index (χ1v) is 11.7. The van der Waals surface area contributed by atoms with Gasteiger partial charge in [0.1, 0.15) is 16.8 Å². The quantitative estimate of drug-likeness (QED) is 0.356. The van der Waals surface area contributed by atoms with Crippen molar-refractivity contribution in [2.45, 2.75) is 44.6 Å². The number of benzene rings is 1. The Hall–Kier alpha value is -3.35. The van der Waals surface area contributed by atoms with Crippen molar-refractivity contribution in [2.75, 3.05) is 18.5 Å². The summed E-state index contributed by atoms with van der Waals surface area (Å²) >= 11 is 1.31. The first kappa shape index (κ1) is 22.4. The number of carboxylic acid groups (broad SMARTS) is 1. The highest BCUT2D eigenvalue weighted by Gasteiger charge is 2.42. The second-order valence-corrected chi connectivity index (χ2v) is 9.43. The summed E-state index contributed by atoms with van der Waals surface area (Å²) in [6.07, 6.45) is 2.05. The van der Waals surface area contributed by atoms with Crippen LogP contribution in [0.3, 0.4) is 0 Å².